The average molecular weight is 438 g/mol. The van der Waals surface area contributed by atoms with Crippen LogP contribution in [0.15, 0.2) is 63.7 Å². The normalized spacial score (nSPS) is 20.5. The molecule has 0 radical (unpaired) electrons. The molecule has 1 aliphatic carbocycles. The minimum atomic E-state index is -0.515. The van der Waals surface area contributed by atoms with E-state index in [1.165, 1.54) is 9.36 Å². The van der Waals surface area contributed by atoms with Crippen molar-refractivity contribution < 1.29 is 9.84 Å². The number of halogens is 1. The van der Waals surface area contributed by atoms with E-state index >= 15 is 0 Å². The van der Waals surface area contributed by atoms with Crippen molar-refractivity contribution in [2.45, 2.75) is 43.9 Å². The molecule has 0 bridgehead atoms. The van der Waals surface area contributed by atoms with E-state index in [0.717, 1.165) is 41.4 Å². The average Bonchev–Trinajstić information content (AvgIpc) is 3.32. The Bertz CT molecular complexity index is 1370. The van der Waals surface area contributed by atoms with Crippen molar-refractivity contribution in [3.63, 3.8) is 0 Å². The van der Waals surface area contributed by atoms with Gasteiger partial charge < -0.3 is 9.84 Å². The monoisotopic (exact) mass is 437 g/mol. The number of nitrogens with zero attached hydrogens (tertiary/aromatic N) is 3. The summed E-state index contributed by atoms with van der Waals surface area (Å²) in [7, 11) is 0. The van der Waals surface area contributed by atoms with Crippen LogP contribution in [0.1, 0.15) is 37.3 Å². The minimum Gasteiger partial charge on any atom is -0.508 e. The second kappa shape index (κ2) is 6.40. The molecule has 3 heterocycles. The van der Waals surface area contributed by atoms with E-state index in [1.807, 2.05) is 6.08 Å². The zero-order valence-electron chi connectivity index (χ0n) is 16.6. The second-order valence-electron chi connectivity index (χ2n) is 8.37. The molecule has 3 aromatic rings. The first-order valence-electron chi connectivity index (χ1n) is 10.4. The van der Waals surface area contributed by atoms with Crippen LogP contribution < -0.4 is 16.1 Å². The lowest BCUT2D eigenvalue weighted by molar-refractivity contribution is 0.0831. The van der Waals surface area contributed by atoms with Gasteiger partial charge in [-0.1, -0.05) is 29.8 Å². The predicted molar refractivity (Wildman–Crippen MR) is 115 cm³/mol. The number of allylic oxidation sites excluding steroid dienone is 1. The number of aromatic hydroxyl groups is 1. The number of rotatable bonds is 1. The zero-order valence-corrected chi connectivity index (χ0v) is 17.4. The molecule has 1 spiro atoms. The summed E-state index contributed by atoms with van der Waals surface area (Å²) >= 11 is 6.32. The van der Waals surface area contributed by atoms with E-state index in [0.29, 0.717) is 16.5 Å². The molecule has 1 unspecified atom stereocenters. The number of ether oxygens (including phenoxy) is 1. The molecule has 0 saturated heterocycles. The van der Waals surface area contributed by atoms with Gasteiger partial charge in [0.15, 0.2) is 0 Å². The Balaban J connectivity index is 1.64. The highest BCUT2D eigenvalue weighted by atomic mass is 35.5. The fourth-order valence-electron chi connectivity index (χ4n) is 5.36. The summed E-state index contributed by atoms with van der Waals surface area (Å²) in [5, 5.41) is 10.4. The SMILES string of the molecule is O=c1n(-c2ccccc2Cl)c(=O)n2n1CC=C1C2c2ccc(O)cc2OC12CCCC2. The second-order valence-corrected chi connectivity index (χ2v) is 8.77. The molecule has 6 rings (SSSR count). The van der Waals surface area contributed by atoms with Crippen LogP contribution >= 0.6 is 11.6 Å². The first-order chi connectivity index (χ1) is 15.0. The van der Waals surface area contributed by atoms with Gasteiger partial charge in [-0.3, -0.25) is 0 Å². The summed E-state index contributed by atoms with van der Waals surface area (Å²) in [5.74, 6) is 0.663. The first kappa shape index (κ1) is 18.6. The molecule has 1 fully saturated rings. The molecule has 3 aliphatic rings. The molecule has 2 aromatic carbocycles. The van der Waals surface area contributed by atoms with Gasteiger partial charge in [0, 0.05) is 17.2 Å². The van der Waals surface area contributed by atoms with Gasteiger partial charge >= 0.3 is 11.4 Å². The highest BCUT2D eigenvalue weighted by Gasteiger charge is 2.50. The van der Waals surface area contributed by atoms with E-state index < -0.39 is 23.0 Å². The lowest BCUT2D eigenvalue weighted by Crippen LogP contribution is -2.48. The highest BCUT2D eigenvalue weighted by molar-refractivity contribution is 6.32. The molecule has 1 saturated carbocycles. The van der Waals surface area contributed by atoms with E-state index in [1.54, 1.807) is 42.5 Å². The highest BCUT2D eigenvalue weighted by Crippen LogP contribution is 2.52. The van der Waals surface area contributed by atoms with Gasteiger partial charge in [0.1, 0.15) is 23.1 Å². The minimum absolute atomic E-state index is 0.105. The smallest absolute Gasteiger partial charge is 0.352 e. The van der Waals surface area contributed by atoms with Crippen molar-refractivity contribution >= 4 is 11.6 Å². The number of para-hydroxylation sites is 1. The number of fused-ring (bicyclic) bond motifs is 6. The van der Waals surface area contributed by atoms with Crippen molar-refractivity contribution in [2.75, 3.05) is 0 Å². The number of phenolic OH excluding ortho intramolecular Hbond substituents is 1. The molecule has 0 amide bonds. The van der Waals surface area contributed by atoms with Gasteiger partial charge in [-0.15, -0.1) is 0 Å². The molecule has 2 aliphatic heterocycles. The quantitative estimate of drug-likeness (QED) is 0.592. The third-order valence-corrected chi connectivity index (χ3v) is 7.03. The molecule has 1 aromatic heterocycles. The van der Waals surface area contributed by atoms with Gasteiger partial charge in [0.05, 0.1) is 17.3 Å². The van der Waals surface area contributed by atoms with Crippen LogP contribution in [0.3, 0.4) is 0 Å². The third kappa shape index (κ3) is 2.47. The number of benzene rings is 2. The number of hydrogen-bond acceptors (Lipinski definition) is 4. The zero-order chi connectivity index (χ0) is 21.3. The Hall–Kier alpha value is -3.19. The Morgan fingerprint density at radius 3 is 2.61 bits per heavy atom. The maximum atomic E-state index is 13.7. The molecule has 158 valence electrons. The molecule has 8 heteroatoms. The van der Waals surface area contributed by atoms with Crippen molar-refractivity contribution in [3.05, 3.63) is 85.7 Å². The standard InChI is InChI=1S/C23H20ClN3O4/c24-17-5-1-2-6-18(17)26-21(29)25-12-9-16-20(27(25)22(26)30)15-8-7-14(28)13-19(15)31-23(16)10-3-4-11-23/h1-2,5-9,13,20,28H,3-4,10-12H2. The van der Waals surface area contributed by atoms with Crippen molar-refractivity contribution in [1.29, 1.82) is 0 Å². The van der Waals surface area contributed by atoms with E-state index in [9.17, 15) is 14.7 Å². The summed E-state index contributed by atoms with van der Waals surface area (Å²) in [4.78, 5) is 26.9. The maximum absolute atomic E-state index is 13.7. The van der Waals surface area contributed by atoms with Crippen LogP contribution in [-0.2, 0) is 6.54 Å². The van der Waals surface area contributed by atoms with E-state index in [2.05, 4.69) is 0 Å². The molecular weight excluding hydrogens is 418 g/mol. The molecule has 7 nitrogen and oxygen atoms in total. The van der Waals surface area contributed by atoms with Crippen molar-refractivity contribution in [3.8, 4) is 17.2 Å². The Morgan fingerprint density at radius 1 is 1.06 bits per heavy atom. The fourth-order valence-corrected chi connectivity index (χ4v) is 5.58. The Kier molecular flexibility index (Phi) is 3.84. The van der Waals surface area contributed by atoms with Crippen molar-refractivity contribution in [1.82, 2.24) is 13.9 Å². The molecule has 31 heavy (non-hydrogen) atoms. The third-order valence-electron chi connectivity index (χ3n) is 6.71. The largest absolute Gasteiger partial charge is 0.508 e. The number of hydrogen-bond donors (Lipinski definition) is 1. The Morgan fingerprint density at radius 2 is 1.84 bits per heavy atom. The van der Waals surface area contributed by atoms with Crippen LogP contribution in [-0.4, -0.2) is 24.6 Å². The lowest BCUT2D eigenvalue weighted by atomic mass is 9.79. The number of phenols is 1. The van der Waals surface area contributed by atoms with Crippen molar-refractivity contribution in [2.24, 2.45) is 0 Å². The van der Waals surface area contributed by atoms with E-state index in [-0.39, 0.29) is 12.3 Å². The van der Waals surface area contributed by atoms with Crippen LogP contribution in [0.4, 0.5) is 0 Å². The first-order valence-corrected chi connectivity index (χ1v) is 10.8. The van der Waals surface area contributed by atoms with Gasteiger partial charge in [-0.25, -0.2) is 23.5 Å². The fraction of sp³-hybridized carbons (Fsp3) is 0.304. The van der Waals surface area contributed by atoms with Gasteiger partial charge in [-0.2, -0.15) is 0 Å². The Labute approximate surface area is 182 Å². The number of aromatic nitrogens is 3. The van der Waals surface area contributed by atoms with E-state index in [4.69, 9.17) is 16.3 Å². The van der Waals surface area contributed by atoms with Crippen LogP contribution in [0.5, 0.6) is 11.5 Å². The summed E-state index contributed by atoms with van der Waals surface area (Å²) in [5.41, 5.74) is 0.751. The van der Waals surface area contributed by atoms with Gasteiger partial charge in [0.25, 0.3) is 0 Å². The molecular formula is C23H20ClN3O4. The van der Waals surface area contributed by atoms with Crippen LogP contribution in [0.25, 0.3) is 5.69 Å². The topological polar surface area (TPSA) is 78.4 Å². The maximum Gasteiger partial charge on any atom is 0.352 e. The van der Waals surface area contributed by atoms with Gasteiger partial charge in [0.2, 0.25) is 0 Å². The summed E-state index contributed by atoms with van der Waals surface area (Å²) in [6.07, 6.45) is 5.77. The van der Waals surface area contributed by atoms with Crippen LogP contribution in [0.2, 0.25) is 5.02 Å². The summed E-state index contributed by atoms with van der Waals surface area (Å²) in [6, 6.07) is 11.3. The molecule has 1 N–H and O–H groups in total. The van der Waals surface area contributed by atoms with Crippen LogP contribution in [0, 0.1) is 0 Å². The molecule has 1 atom stereocenters. The summed E-state index contributed by atoms with van der Waals surface area (Å²) < 4.78 is 10.6. The van der Waals surface area contributed by atoms with Gasteiger partial charge in [-0.05, 0) is 49.9 Å². The predicted octanol–water partition coefficient (Wildman–Crippen LogP) is 3.39. The summed E-state index contributed by atoms with van der Waals surface area (Å²) in [6.45, 7) is 0.288. The lowest BCUT2D eigenvalue weighted by Gasteiger charge is -2.44.